The Labute approximate surface area is 123 Å². The van der Waals surface area contributed by atoms with Crippen LogP contribution < -0.4 is 0 Å². The van der Waals surface area contributed by atoms with Crippen LogP contribution in [0.2, 0.25) is 0 Å². The van der Waals surface area contributed by atoms with Crippen molar-refractivity contribution in [3.8, 4) is 0 Å². The Balaban J connectivity index is 2.18. The molecular formula is C14H22BrN3O. The van der Waals surface area contributed by atoms with Crippen molar-refractivity contribution in [3.05, 3.63) is 16.4 Å². The fourth-order valence-electron chi connectivity index (χ4n) is 2.78. The molecule has 106 valence electrons. The van der Waals surface area contributed by atoms with Gasteiger partial charge in [0.2, 0.25) is 0 Å². The first-order chi connectivity index (χ1) is 9.00. The lowest BCUT2D eigenvalue weighted by atomic mass is 9.92. The van der Waals surface area contributed by atoms with Gasteiger partial charge in [0.25, 0.3) is 0 Å². The van der Waals surface area contributed by atoms with Crippen molar-refractivity contribution in [2.45, 2.75) is 32.7 Å². The Morgan fingerprint density at radius 3 is 2.84 bits per heavy atom. The Kier molecular flexibility index (Phi) is 4.79. The summed E-state index contributed by atoms with van der Waals surface area (Å²) in [6, 6.07) is 0. The van der Waals surface area contributed by atoms with Crippen LogP contribution in [-0.2, 0) is 6.54 Å². The van der Waals surface area contributed by atoms with Crippen LogP contribution in [0.4, 0.5) is 0 Å². The standard InChI is InChI=1S/C14H22BrN3O/c1-10-5-4-6-11(10)14(19)13-12(15)9-16-18(13)8-7-17(2)3/h9-11H,4-8H2,1-3H3. The number of ketones is 1. The summed E-state index contributed by atoms with van der Waals surface area (Å²) >= 11 is 3.47. The zero-order valence-electron chi connectivity index (χ0n) is 11.9. The molecule has 19 heavy (non-hydrogen) atoms. The van der Waals surface area contributed by atoms with Crippen LogP contribution >= 0.6 is 15.9 Å². The molecule has 0 bridgehead atoms. The van der Waals surface area contributed by atoms with Crippen LogP contribution in [-0.4, -0.2) is 41.1 Å². The molecule has 1 aliphatic carbocycles. The first-order valence-corrected chi connectivity index (χ1v) is 7.70. The van der Waals surface area contributed by atoms with E-state index in [9.17, 15) is 4.79 Å². The zero-order valence-corrected chi connectivity index (χ0v) is 13.5. The number of carbonyl (C=O) groups is 1. The first-order valence-electron chi connectivity index (χ1n) is 6.91. The van der Waals surface area contributed by atoms with Crippen LogP contribution in [0, 0.1) is 11.8 Å². The van der Waals surface area contributed by atoms with E-state index in [1.54, 1.807) is 6.20 Å². The summed E-state index contributed by atoms with van der Waals surface area (Å²) in [5.74, 6) is 0.927. The first kappa shape index (κ1) is 14.7. The molecule has 2 unspecified atom stereocenters. The van der Waals surface area contributed by atoms with E-state index < -0.39 is 0 Å². The minimum absolute atomic E-state index is 0.172. The molecule has 1 aromatic heterocycles. The predicted molar refractivity (Wildman–Crippen MR) is 79.3 cm³/mol. The molecule has 1 aromatic rings. The highest BCUT2D eigenvalue weighted by atomic mass is 79.9. The molecule has 2 rings (SSSR count). The molecule has 0 radical (unpaired) electrons. The third-order valence-corrected chi connectivity index (χ3v) is 4.57. The SMILES string of the molecule is CC1CCCC1C(=O)c1c(Br)cnn1CCN(C)C. The lowest BCUT2D eigenvalue weighted by molar-refractivity contribution is 0.0884. The quantitative estimate of drug-likeness (QED) is 0.780. The molecule has 0 saturated heterocycles. The summed E-state index contributed by atoms with van der Waals surface area (Å²) in [6.07, 6.45) is 5.09. The Morgan fingerprint density at radius 2 is 2.26 bits per heavy atom. The van der Waals surface area contributed by atoms with E-state index in [-0.39, 0.29) is 11.7 Å². The molecule has 5 heteroatoms. The number of aromatic nitrogens is 2. The molecule has 4 nitrogen and oxygen atoms in total. The van der Waals surface area contributed by atoms with Crippen molar-refractivity contribution in [3.63, 3.8) is 0 Å². The van der Waals surface area contributed by atoms with E-state index in [2.05, 4.69) is 32.9 Å². The minimum Gasteiger partial charge on any atom is -0.308 e. The average molecular weight is 328 g/mol. The van der Waals surface area contributed by atoms with Gasteiger partial charge in [-0.05, 0) is 48.8 Å². The Hall–Kier alpha value is -0.680. The van der Waals surface area contributed by atoms with E-state index in [1.165, 1.54) is 12.8 Å². The number of nitrogens with zero attached hydrogens (tertiary/aromatic N) is 3. The van der Waals surface area contributed by atoms with Crippen LogP contribution in [0.25, 0.3) is 0 Å². The van der Waals surface area contributed by atoms with Gasteiger partial charge in [-0.3, -0.25) is 9.48 Å². The van der Waals surface area contributed by atoms with Gasteiger partial charge >= 0.3 is 0 Å². The molecule has 2 atom stereocenters. The second-order valence-corrected chi connectivity index (χ2v) is 6.60. The smallest absolute Gasteiger partial charge is 0.185 e. The van der Waals surface area contributed by atoms with Gasteiger partial charge in [0.15, 0.2) is 5.78 Å². The minimum atomic E-state index is 0.172. The van der Waals surface area contributed by atoms with Crippen molar-refractivity contribution in [1.29, 1.82) is 0 Å². The number of rotatable bonds is 5. The summed E-state index contributed by atoms with van der Waals surface area (Å²) < 4.78 is 2.67. The normalized spacial score (nSPS) is 23.2. The van der Waals surface area contributed by atoms with E-state index in [1.807, 2.05) is 18.8 Å². The lowest BCUT2D eigenvalue weighted by Crippen LogP contribution is -2.25. The summed E-state index contributed by atoms with van der Waals surface area (Å²) in [7, 11) is 4.05. The third-order valence-electron chi connectivity index (χ3n) is 3.99. The summed E-state index contributed by atoms with van der Waals surface area (Å²) in [5, 5.41) is 4.33. The summed E-state index contributed by atoms with van der Waals surface area (Å²) in [4.78, 5) is 14.8. The molecular weight excluding hydrogens is 306 g/mol. The van der Waals surface area contributed by atoms with Crippen LogP contribution in [0.15, 0.2) is 10.7 Å². The molecule has 0 spiro atoms. The number of likely N-dealkylation sites (N-methyl/N-ethyl adjacent to an activating group) is 1. The van der Waals surface area contributed by atoms with Crippen molar-refractivity contribution in [1.82, 2.24) is 14.7 Å². The monoisotopic (exact) mass is 327 g/mol. The van der Waals surface area contributed by atoms with Gasteiger partial charge in [0.1, 0.15) is 5.69 Å². The van der Waals surface area contributed by atoms with Crippen molar-refractivity contribution in [2.75, 3.05) is 20.6 Å². The second kappa shape index (κ2) is 6.18. The van der Waals surface area contributed by atoms with Gasteiger partial charge in [-0.1, -0.05) is 13.3 Å². The van der Waals surface area contributed by atoms with Crippen LogP contribution in [0.3, 0.4) is 0 Å². The summed E-state index contributed by atoms with van der Waals surface area (Å²) in [6.45, 7) is 3.82. The molecule has 0 N–H and O–H groups in total. The predicted octanol–water partition coefficient (Wildman–Crippen LogP) is 2.83. The number of Topliss-reactive ketones (excluding diaryl/α,β-unsaturated/α-hetero) is 1. The van der Waals surface area contributed by atoms with Crippen molar-refractivity contribution < 1.29 is 4.79 Å². The van der Waals surface area contributed by atoms with Gasteiger partial charge < -0.3 is 4.90 Å². The van der Waals surface area contributed by atoms with Gasteiger partial charge in [-0.2, -0.15) is 5.10 Å². The highest BCUT2D eigenvalue weighted by Crippen LogP contribution is 2.35. The van der Waals surface area contributed by atoms with E-state index >= 15 is 0 Å². The molecule has 0 aliphatic heterocycles. The van der Waals surface area contributed by atoms with Crippen LogP contribution in [0.1, 0.15) is 36.7 Å². The molecule has 1 saturated carbocycles. The molecule has 1 heterocycles. The van der Waals surface area contributed by atoms with Gasteiger partial charge in [-0.15, -0.1) is 0 Å². The van der Waals surface area contributed by atoms with Crippen molar-refractivity contribution in [2.24, 2.45) is 11.8 Å². The highest BCUT2D eigenvalue weighted by molar-refractivity contribution is 9.10. The maximum Gasteiger partial charge on any atom is 0.185 e. The van der Waals surface area contributed by atoms with Gasteiger partial charge in [0.05, 0.1) is 17.2 Å². The lowest BCUT2D eigenvalue weighted by Gasteiger charge is -2.16. The highest BCUT2D eigenvalue weighted by Gasteiger charge is 2.33. The largest absolute Gasteiger partial charge is 0.308 e. The Bertz CT molecular complexity index is 456. The number of halogens is 1. The Morgan fingerprint density at radius 1 is 1.53 bits per heavy atom. The third kappa shape index (κ3) is 3.26. The number of hydrogen-bond acceptors (Lipinski definition) is 3. The molecule has 1 aliphatic rings. The maximum atomic E-state index is 12.7. The van der Waals surface area contributed by atoms with E-state index in [4.69, 9.17) is 0 Å². The van der Waals surface area contributed by atoms with E-state index in [0.29, 0.717) is 5.92 Å². The van der Waals surface area contributed by atoms with E-state index in [0.717, 1.165) is 29.7 Å². The summed E-state index contributed by atoms with van der Waals surface area (Å²) in [5.41, 5.74) is 0.751. The fraction of sp³-hybridized carbons (Fsp3) is 0.714. The molecule has 0 amide bonds. The van der Waals surface area contributed by atoms with Crippen molar-refractivity contribution >= 4 is 21.7 Å². The zero-order chi connectivity index (χ0) is 14.0. The maximum absolute atomic E-state index is 12.7. The topological polar surface area (TPSA) is 38.1 Å². The number of carbonyl (C=O) groups excluding carboxylic acids is 1. The van der Waals surface area contributed by atoms with Gasteiger partial charge in [0, 0.05) is 12.5 Å². The van der Waals surface area contributed by atoms with Crippen LogP contribution in [0.5, 0.6) is 0 Å². The molecule has 0 aromatic carbocycles. The number of hydrogen-bond donors (Lipinski definition) is 0. The fourth-order valence-corrected chi connectivity index (χ4v) is 3.27. The average Bonchev–Trinajstić information content (AvgIpc) is 2.92. The molecule has 1 fully saturated rings. The second-order valence-electron chi connectivity index (χ2n) is 5.75. The van der Waals surface area contributed by atoms with Gasteiger partial charge in [-0.25, -0.2) is 0 Å².